The Bertz CT molecular complexity index is 1160. The molecule has 10 heteroatoms. The zero-order valence-corrected chi connectivity index (χ0v) is 22.6. The molecule has 186 valence electrons. The summed E-state index contributed by atoms with van der Waals surface area (Å²) < 4.78 is 26.3. The molecule has 1 N–H and O–H groups in total. The summed E-state index contributed by atoms with van der Waals surface area (Å²) in [6, 6.07) is 10.9. The number of carbonyl (C=O) groups is 2. The third-order valence-electron chi connectivity index (χ3n) is 5.09. The normalized spacial score (nSPS) is 12.7. The van der Waals surface area contributed by atoms with Gasteiger partial charge in [-0.25, -0.2) is 8.42 Å². The van der Waals surface area contributed by atoms with E-state index < -0.39 is 34.1 Å². The maximum absolute atomic E-state index is 13.5. The van der Waals surface area contributed by atoms with Crippen LogP contribution < -0.4 is 9.62 Å². The molecule has 0 fully saturated rings. The molecule has 2 rings (SSSR count). The third-order valence-corrected chi connectivity index (χ3v) is 6.87. The summed E-state index contributed by atoms with van der Waals surface area (Å²) in [5.74, 6) is -0.894. The van der Waals surface area contributed by atoms with Crippen molar-refractivity contribution in [3.05, 3.63) is 63.6 Å². The maximum Gasteiger partial charge on any atom is 0.244 e. The van der Waals surface area contributed by atoms with Gasteiger partial charge in [0.15, 0.2) is 0 Å². The van der Waals surface area contributed by atoms with Crippen LogP contribution in [0.5, 0.6) is 0 Å². The topological polar surface area (TPSA) is 86.8 Å². The summed E-state index contributed by atoms with van der Waals surface area (Å²) in [5.41, 5.74) is 1.04. The van der Waals surface area contributed by atoms with Crippen molar-refractivity contribution in [3.63, 3.8) is 0 Å². The Kier molecular flexibility index (Phi) is 9.02. The molecule has 0 aromatic heterocycles. The lowest BCUT2D eigenvalue weighted by molar-refractivity contribution is -0.140. The molecule has 2 aromatic rings. The Hall–Kier alpha value is -2.29. The van der Waals surface area contributed by atoms with E-state index in [1.54, 1.807) is 56.3 Å². The van der Waals surface area contributed by atoms with Gasteiger partial charge in [0.05, 0.1) is 11.9 Å². The van der Waals surface area contributed by atoms with Crippen LogP contribution >= 0.6 is 23.2 Å². The SMILES string of the molecule is Cc1c(Cl)cccc1N(CC(=O)N(Cc1cccc(Cl)c1)[C@H](C)C(=O)NC(C)(C)C)S(C)(=O)=O. The fourth-order valence-corrected chi connectivity index (χ4v) is 4.63. The maximum atomic E-state index is 13.5. The van der Waals surface area contributed by atoms with Crippen LogP contribution in [0.4, 0.5) is 5.69 Å². The van der Waals surface area contributed by atoms with Crippen molar-refractivity contribution in [1.29, 1.82) is 0 Å². The Morgan fingerprint density at radius 2 is 1.71 bits per heavy atom. The Morgan fingerprint density at radius 3 is 2.26 bits per heavy atom. The summed E-state index contributed by atoms with van der Waals surface area (Å²) in [7, 11) is -3.83. The van der Waals surface area contributed by atoms with Gasteiger partial charge in [-0.05, 0) is 70.0 Å². The van der Waals surface area contributed by atoms with Gasteiger partial charge in [0.1, 0.15) is 12.6 Å². The monoisotopic (exact) mass is 527 g/mol. The highest BCUT2D eigenvalue weighted by molar-refractivity contribution is 7.92. The van der Waals surface area contributed by atoms with Gasteiger partial charge in [0.2, 0.25) is 21.8 Å². The predicted molar refractivity (Wildman–Crippen MR) is 138 cm³/mol. The molecule has 0 saturated heterocycles. The highest BCUT2D eigenvalue weighted by atomic mass is 35.5. The summed E-state index contributed by atoms with van der Waals surface area (Å²) in [6.07, 6.45) is 1.03. The molecule has 1 atom stereocenters. The number of carbonyl (C=O) groups excluding carboxylic acids is 2. The van der Waals surface area contributed by atoms with Gasteiger partial charge in [-0.15, -0.1) is 0 Å². The Morgan fingerprint density at radius 1 is 1.09 bits per heavy atom. The lowest BCUT2D eigenvalue weighted by Crippen LogP contribution is -2.54. The fourth-order valence-electron chi connectivity index (χ4n) is 3.35. The summed E-state index contributed by atoms with van der Waals surface area (Å²) in [5, 5.41) is 3.75. The van der Waals surface area contributed by atoms with Crippen LogP contribution in [0.1, 0.15) is 38.8 Å². The smallest absolute Gasteiger partial charge is 0.244 e. The van der Waals surface area contributed by atoms with E-state index in [1.165, 1.54) is 4.90 Å². The third kappa shape index (κ3) is 7.61. The van der Waals surface area contributed by atoms with E-state index in [1.807, 2.05) is 20.8 Å². The zero-order chi connectivity index (χ0) is 25.8. The van der Waals surface area contributed by atoms with Gasteiger partial charge in [-0.1, -0.05) is 41.4 Å². The first kappa shape index (κ1) is 28.0. The number of halogens is 2. The van der Waals surface area contributed by atoms with Crippen molar-refractivity contribution in [2.24, 2.45) is 0 Å². The quantitative estimate of drug-likeness (QED) is 0.551. The Labute approximate surface area is 212 Å². The van der Waals surface area contributed by atoms with Gasteiger partial charge < -0.3 is 10.2 Å². The van der Waals surface area contributed by atoms with Crippen LogP contribution in [0.25, 0.3) is 0 Å². The number of hydrogen-bond donors (Lipinski definition) is 1. The van der Waals surface area contributed by atoms with Crippen LogP contribution in [0.2, 0.25) is 10.0 Å². The van der Waals surface area contributed by atoms with Gasteiger partial charge in [0, 0.05) is 22.1 Å². The molecule has 0 aliphatic heterocycles. The van der Waals surface area contributed by atoms with Crippen LogP contribution in [-0.2, 0) is 26.2 Å². The van der Waals surface area contributed by atoms with Crippen LogP contribution in [0, 0.1) is 6.92 Å². The Balaban J connectivity index is 2.45. The van der Waals surface area contributed by atoms with Gasteiger partial charge in [-0.2, -0.15) is 0 Å². The summed E-state index contributed by atoms with van der Waals surface area (Å²) >= 11 is 12.3. The molecule has 0 unspecified atom stereocenters. The van der Waals surface area contributed by atoms with E-state index in [0.717, 1.165) is 10.6 Å². The van der Waals surface area contributed by atoms with E-state index in [4.69, 9.17) is 23.2 Å². The second-order valence-corrected chi connectivity index (χ2v) is 12.0. The van der Waals surface area contributed by atoms with E-state index >= 15 is 0 Å². The molecule has 2 aromatic carbocycles. The average molecular weight is 529 g/mol. The zero-order valence-electron chi connectivity index (χ0n) is 20.2. The van der Waals surface area contributed by atoms with Crippen molar-refractivity contribution >= 4 is 50.7 Å². The first-order valence-electron chi connectivity index (χ1n) is 10.7. The van der Waals surface area contributed by atoms with E-state index in [2.05, 4.69) is 5.32 Å². The van der Waals surface area contributed by atoms with Crippen molar-refractivity contribution in [1.82, 2.24) is 10.2 Å². The first-order valence-corrected chi connectivity index (χ1v) is 13.3. The van der Waals surface area contributed by atoms with Gasteiger partial charge in [0.25, 0.3) is 0 Å². The molecular formula is C24H31Cl2N3O4S. The second-order valence-electron chi connectivity index (χ2n) is 9.22. The number of amides is 2. The number of benzene rings is 2. The molecule has 0 heterocycles. The lowest BCUT2D eigenvalue weighted by atomic mass is 10.1. The van der Waals surface area contributed by atoms with Gasteiger partial charge >= 0.3 is 0 Å². The molecule has 0 saturated carbocycles. The van der Waals surface area contributed by atoms with E-state index in [9.17, 15) is 18.0 Å². The molecule has 34 heavy (non-hydrogen) atoms. The van der Waals surface area contributed by atoms with Crippen molar-refractivity contribution in [2.75, 3.05) is 17.1 Å². The number of sulfonamides is 1. The number of anilines is 1. The molecule has 0 aliphatic rings. The number of nitrogens with one attached hydrogen (secondary N) is 1. The number of rotatable bonds is 8. The molecule has 7 nitrogen and oxygen atoms in total. The summed E-state index contributed by atoms with van der Waals surface area (Å²) in [4.78, 5) is 27.8. The fraction of sp³-hybridized carbons (Fsp3) is 0.417. The van der Waals surface area contributed by atoms with Crippen molar-refractivity contribution in [3.8, 4) is 0 Å². The number of nitrogens with zero attached hydrogens (tertiary/aromatic N) is 2. The molecular weight excluding hydrogens is 497 g/mol. The summed E-state index contributed by atoms with van der Waals surface area (Å²) in [6.45, 7) is 8.40. The highest BCUT2D eigenvalue weighted by Gasteiger charge is 2.32. The predicted octanol–water partition coefficient (Wildman–Crippen LogP) is 4.40. The largest absolute Gasteiger partial charge is 0.350 e. The van der Waals surface area contributed by atoms with E-state index in [-0.39, 0.29) is 12.5 Å². The molecule has 2 amide bonds. The van der Waals surface area contributed by atoms with Crippen LogP contribution in [0.3, 0.4) is 0 Å². The minimum absolute atomic E-state index is 0.0737. The lowest BCUT2D eigenvalue weighted by Gasteiger charge is -2.33. The highest BCUT2D eigenvalue weighted by Crippen LogP contribution is 2.28. The van der Waals surface area contributed by atoms with Crippen LogP contribution in [-0.4, -0.2) is 49.5 Å². The molecule has 0 radical (unpaired) electrons. The standard InChI is InChI=1S/C24H31Cl2N3O4S/c1-16-20(26)11-8-12-21(16)29(34(6,32)33)15-22(30)28(14-18-9-7-10-19(25)13-18)17(2)23(31)27-24(3,4)5/h7-13,17H,14-15H2,1-6H3,(H,27,31)/t17-/m1/s1. The molecule has 0 aliphatic carbocycles. The van der Waals surface area contributed by atoms with Crippen molar-refractivity contribution < 1.29 is 18.0 Å². The van der Waals surface area contributed by atoms with Crippen LogP contribution in [0.15, 0.2) is 42.5 Å². The van der Waals surface area contributed by atoms with Gasteiger partial charge in [-0.3, -0.25) is 13.9 Å². The average Bonchev–Trinajstić information content (AvgIpc) is 2.70. The minimum Gasteiger partial charge on any atom is -0.350 e. The minimum atomic E-state index is -3.83. The second kappa shape index (κ2) is 11.0. The van der Waals surface area contributed by atoms with Crippen molar-refractivity contribution in [2.45, 2.75) is 52.7 Å². The number of hydrogen-bond acceptors (Lipinski definition) is 4. The molecule has 0 bridgehead atoms. The van der Waals surface area contributed by atoms with E-state index in [0.29, 0.717) is 26.9 Å². The first-order chi connectivity index (χ1) is 15.6. The molecule has 0 spiro atoms.